The lowest BCUT2D eigenvalue weighted by molar-refractivity contribution is -0.133. The van der Waals surface area contributed by atoms with Crippen molar-refractivity contribution in [1.82, 2.24) is 0 Å². The maximum atomic E-state index is 10.4. The Labute approximate surface area is 90.7 Å². The fourth-order valence-electron chi connectivity index (χ4n) is 0.974. The second-order valence-corrected chi connectivity index (χ2v) is 3.96. The molecule has 0 heterocycles. The van der Waals surface area contributed by atoms with Crippen LogP contribution in [0.15, 0.2) is 23.1 Å². The maximum Gasteiger partial charge on any atom is 0.313 e. The summed E-state index contributed by atoms with van der Waals surface area (Å²) < 4.78 is 0. The van der Waals surface area contributed by atoms with E-state index in [4.69, 9.17) is 21.8 Å². The van der Waals surface area contributed by atoms with Crippen LogP contribution in [0.25, 0.3) is 0 Å². The largest absolute Gasteiger partial charge is 0.481 e. The molecule has 0 fully saturated rings. The van der Waals surface area contributed by atoms with Crippen LogP contribution in [0.4, 0.5) is 0 Å². The van der Waals surface area contributed by atoms with Crippen molar-refractivity contribution in [2.75, 3.05) is 5.75 Å². The molecule has 0 saturated carbocycles. The summed E-state index contributed by atoms with van der Waals surface area (Å²) in [5, 5.41) is 18.0. The van der Waals surface area contributed by atoms with E-state index in [1.165, 1.54) is 0 Å². The van der Waals surface area contributed by atoms with Crippen LogP contribution in [-0.4, -0.2) is 21.9 Å². The zero-order valence-electron chi connectivity index (χ0n) is 7.24. The topological polar surface area (TPSA) is 57.5 Å². The number of benzene rings is 1. The number of hydrogen-bond acceptors (Lipinski definition) is 3. The standard InChI is InChI=1S/C9H9ClO3S/c10-7-3-1-2-6(4-11)9(7)14-5-8(12)13/h1-3,11H,4-5H2,(H,12,13). The molecule has 0 amide bonds. The zero-order chi connectivity index (χ0) is 10.6. The van der Waals surface area contributed by atoms with Crippen LogP contribution in [0.1, 0.15) is 5.56 Å². The molecule has 14 heavy (non-hydrogen) atoms. The minimum absolute atomic E-state index is 0.0588. The van der Waals surface area contributed by atoms with Crippen LogP contribution >= 0.6 is 23.4 Å². The van der Waals surface area contributed by atoms with Gasteiger partial charge in [0.1, 0.15) is 0 Å². The summed E-state index contributed by atoms with van der Waals surface area (Å²) in [5.74, 6) is -0.963. The fraction of sp³-hybridized carbons (Fsp3) is 0.222. The molecule has 5 heteroatoms. The van der Waals surface area contributed by atoms with E-state index >= 15 is 0 Å². The molecule has 0 aromatic heterocycles. The van der Waals surface area contributed by atoms with Gasteiger partial charge < -0.3 is 10.2 Å². The highest BCUT2D eigenvalue weighted by atomic mass is 35.5. The summed E-state index contributed by atoms with van der Waals surface area (Å²) in [6.45, 7) is -0.136. The Kier molecular flexibility index (Phi) is 4.25. The van der Waals surface area contributed by atoms with Crippen molar-refractivity contribution >= 4 is 29.3 Å². The Morgan fingerprint density at radius 1 is 1.50 bits per heavy atom. The van der Waals surface area contributed by atoms with Crippen LogP contribution in [0, 0.1) is 0 Å². The quantitative estimate of drug-likeness (QED) is 0.780. The van der Waals surface area contributed by atoms with Crippen molar-refractivity contribution in [2.24, 2.45) is 0 Å². The van der Waals surface area contributed by atoms with Gasteiger partial charge in [-0.25, -0.2) is 0 Å². The lowest BCUT2D eigenvalue weighted by Crippen LogP contribution is -1.99. The summed E-state index contributed by atoms with van der Waals surface area (Å²) in [5.41, 5.74) is 0.656. The van der Waals surface area contributed by atoms with Crippen LogP contribution in [0.3, 0.4) is 0 Å². The number of carbonyl (C=O) groups is 1. The molecule has 0 unspecified atom stereocenters. The molecule has 0 aliphatic rings. The predicted octanol–water partition coefficient (Wildman–Crippen LogP) is 2.01. The number of carboxylic acid groups (broad SMARTS) is 1. The summed E-state index contributed by atoms with van der Waals surface area (Å²) >= 11 is 6.98. The van der Waals surface area contributed by atoms with Gasteiger partial charge in [0, 0.05) is 4.90 Å². The normalized spacial score (nSPS) is 10.1. The van der Waals surface area contributed by atoms with Crippen LogP contribution in [-0.2, 0) is 11.4 Å². The molecule has 2 N–H and O–H groups in total. The van der Waals surface area contributed by atoms with E-state index in [1.807, 2.05) is 0 Å². The fourth-order valence-corrected chi connectivity index (χ4v) is 2.12. The first-order valence-corrected chi connectivity index (χ1v) is 5.24. The molecule has 0 bridgehead atoms. The van der Waals surface area contributed by atoms with Gasteiger partial charge in [0.15, 0.2) is 0 Å². The lowest BCUT2D eigenvalue weighted by atomic mass is 10.2. The first kappa shape index (κ1) is 11.4. The highest BCUT2D eigenvalue weighted by Crippen LogP contribution is 2.30. The van der Waals surface area contributed by atoms with E-state index in [2.05, 4.69) is 0 Å². The Hall–Kier alpha value is -0.710. The van der Waals surface area contributed by atoms with E-state index in [0.717, 1.165) is 11.8 Å². The van der Waals surface area contributed by atoms with Crippen molar-refractivity contribution in [3.05, 3.63) is 28.8 Å². The molecular formula is C9H9ClO3S. The molecule has 0 spiro atoms. The molecule has 76 valence electrons. The van der Waals surface area contributed by atoms with Gasteiger partial charge >= 0.3 is 5.97 Å². The summed E-state index contributed by atoms with van der Waals surface area (Å²) in [6.07, 6.45) is 0. The third-order valence-electron chi connectivity index (χ3n) is 1.56. The van der Waals surface area contributed by atoms with E-state index in [0.29, 0.717) is 15.5 Å². The van der Waals surface area contributed by atoms with Gasteiger partial charge in [0.25, 0.3) is 0 Å². The Morgan fingerprint density at radius 2 is 2.21 bits per heavy atom. The Bertz CT molecular complexity index is 341. The minimum Gasteiger partial charge on any atom is -0.481 e. The third kappa shape index (κ3) is 2.90. The summed E-state index contributed by atoms with van der Waals surface area (Å²) in [6, 6.07) is 5.11. The summed E-state index contributed by atoms with van der Waals surface area (Å²) in [4.78, 5) is 11.0. The average Bonchev–Trinajstić information content (AvgIpc) is 2.15. The highest BCUT2D eigenvalue weighted by molar-refractivity contribution is 8.00. The Balaban J connectivity index is 2.87. The summed E-state index contributed by atoms with van der Waals surface area (Å²) in [7, 11) is 0. The van der Waals surface area contributed by atoms with Crippen LogP contribution < -0.4 is 0 Å². The van der Waals surface area contributed by atoms with Gasteiger partial charge in [-0.05, 0) is 11.6 Å². The minimum atomic E-state index is -0.904. The zero-order valence-corrected chi connectivity index (χ0v) is 8.81. The molecule has 0 saturated heterocycles. The molecule has 1 aromatic carbocycles. The van der Waals surface area contributed by atoms with Gasteiger partial charge in [-0.3, -0.25) is 4.79 Å². The second-order valence-electron chi connectivity index (χ2n) is 2.57. The smallest absolute Gasteiger partial charge is 0.313 e. The molecule has 1 rings (SSSR count). The van der Waals surface area contributed by atoms with Gasteiger partial charge in [0.05, 0.1) is 17.4 Å². The monoisotopic (exact) mass is 232 g/mol. The Morgan fingerprint density at radius 3 is 2.79 bits per heavy atom. The number of carboxylic acids is 1. The molecule has 0 aliphatic heterocycles. The van der Waals surface area contributed by atoms with Crippen molar-refractivity contribution < 1.29 is 15.0 Å². The van der Waals surface area contributed by atoms with Gasteiger partial charge in [-0.15, -0.1) is 11.8 Å². The number of aliphatic carboxylic acids is 1. The predicted molar refractivity (Wildman–Crippen MR) is 55.7 cm³/mol. The maximum absolute atomic E-state index is 10.4. The SMILES string of the molecule is O=C(O)CSc1c(Cl)cccc1CO. The van der Waals surface area contributed by atoms with E-state index < -0.39 is 5.97 Å². The lowest BCUT2D eigenvalue weighted by Gasteiger charge is -2.07. The van der Waals surface area contributed by atoms with Crippen molar-refractivity contribution in [3.8, 4) is 0 Å². The van der Waals surface area contributed by atoms with Crippen LogP contribution in [0.5, 0.6) is 0 Å². The number of aliphatic hydroxyl groups is 1. The number of hydrogen-bond donors (Lipinski definition) is 2. The first-order chi connectivity index (χ1) is 6.65. The highest BCUT2D eigenvalue weighted by Gasteiger charge is 2.08. The molecule has 1 aromatic rings. The number of rotatable bonds is 4. The van der Waals surface area contributed by atoms with Gasteiger partial charge in [-0.2, -0.15) is 0 Å². The van der Waals surface area contributed by atoms with Gasteiger partial charge in [0.2, 0.25) is 0 Å². The number of thioether (sulfide) groups is 1. The third-order valence-corrected chi connectivity index (χ3v) is 3.15. The number of aliphatic hydroxyl groups excluding tert-OH is 1. The number of halogens is 1. The molecule has 0 radical (unpaired) electrons. The van der Waals surface area contributed by atoms with E-state index in [-0.39, 0.29) is 12.4 Å². The van der Waals surface area contributed by atoms with Crippen molar-refractivity contribution in [3.63, 3.8) is 0 Å². The second kappa shape index (κ2) is 5.24. The van der Waals surface area contributed by atoms with Gasteiger partial charge in [-0.1, -0.05) is 23.7 Å². The van der Waals surface area contributed by atoms with Crippen molar-refractivity contribution in [2.45, 2.75) is 11.5 Å². The van der Waals surface area contributed by atoms with E-state index in [1.54, 1.807) is 18.2 Å². The molecule has 0 atom stereocenters. The van der Waals surface area contributed by atoms with E-state index in [9.17, 15) is 4.79 Å². The molecular weight excluding hydrogens is 224 g/mol. The van der Waals surface area contributed by atoms with Crippen molar-refractivity contribution in [1.29, 1.82) is 0 Å². The average molecular weight is 233 g/mol. The molecule has 3 nitrogen and oxygen atoms in total. The first-order valence-electron chi connectivity index (χ1n) is 3.88. The molecule has 0 aliphatic carbocycles. The van der Waals surface area contributed by atoms with Crippen LogP contribution in [0.2, 0.25) is 5.02 Å².